The van der Waals surface area contributed by atoms with E-state index in [0.29, 0.717) is 0 Å². The minimum atomic E-state index is -0.0266. The lowest BCUT2D eigenvalue weighted by molar-refractivity contribution is 0.0475. The molecule has 1 unspecified atom stereocenters. The predicted molar refractivity (Wildman–Crippen MR) is 89.9 cm³/mol. The lowest BCUT2D eigenvalue weighted by Crippen LogP contribution is -2.24. The Balaban J connectivity index is 3.10. The van der Waals surface area contributed by atoms with E-state index in [1.807, 2.05) is 0 Å². The molecule has 0 aliphatic heterocycles. The van der Waals surface area contributed by atoms with E-state index in [1.54, 1.807) is 0 Å². The van der Waals surface area contributed by atoms with Crippen LogP contribution >= 0.6 is 0 Å². The topological polar surface area (TPSA) is 35.2 Å². The van der Waals surface area contributed by atoms with Gasteiger partial charge in [0, 0.05) is 6.61 Å². The number of nitrogens with two attached hydrogens (primary N) is 1. The molecule has 0 saturated heterocycles. The van der Waals surface area contributed by atoms with Crippen LogP contribution in [0.4, 0.5) is 0 Å². The van der Waals surface area contributed by atoms with Crippen LogP contribution in [0.3, 0.4) is 0 Å². The molecule has 0 aliphatic carbocycles. The first-order valence-electron chi connectivity index (χ1n) is 9.18. The van der Waals surface area contributed by atoms with Crippen LogP contribution in [0.5, 0.6) is 0 Å². The van der Waals surface area contributed by atoms with Crippen molar-refractivity contribution in [3.8, 4) is 0 Å². The SMILES string of the molecule is CCCCCCCCCOC(N)CCCCCCCC. The van der Waals surface area contributed by atoms with Gasteiger partial charge in [0.15, 0.2) is 0 Å². The Hall–Kier alpha value is -0.0800. The van der Waals surface area contributed by atoms with Gasteiger partial charge in [-0.3, -0.25) is 0 Å². The van der Waals surface area contributed by atoms with E-state index >= 15 is 0 Å². The second-order valence-electron chi connectivity index (χ2n) is 6.09. The first kappa shape index (κ1) is 19.9. The average molecular weight is 286 g/mol. The van der Waals surface area contributed by atoms with Crippen molar-refractivity contribution in [2.75, 3.05) is 6.61 Å². The Bertz CT molecular complexity index is 173. The lowest BCUT2D eigenvalue weighted by atomic mass is 10.1. The molecule has 2 N–H and O–H groups in total. The van der Waals surface area contributed by atoms with Crippen molar-refractivity contribution >= 4 is 0 Å². The molecule has 0 heterocycles. The molecule has 0 aromatic rings. The number of hydrogen-bond donors (Lipinski definition) is 1. The Morgan fingerprint density at radius 3 is 1.65 bits per heavy atom. The largest absolute Gasteiger partial charge is 0.364 e. The van der Waals surface area contributed by atoms with E-state index in [2.05, 4.69) is 13.8 Å². The van der Waals surface area contributed by atoms with Crippen molar-refractivity contribution in [2.24, 2.45) is 5.73 Å². The molecule has 0 amide bonds. The van der Waals surface area contributed by atoms with Crippen molar-refractivity contribution in [3.05, 3.63) is 0 Å². The monoisotopic (exact) mass is 285 g/mol. The summed E-state index contributed by atoms with van der Waals surface area (Å²) < 4.78 is 5.68. The third-order valence-corrected chi connectivity index (χ3v) is 3.92. The van der Waals surface area contributed by atoms with Crippen molar-refractivity contribution < 1.29 is 4.74 Å². The highest BCUT2D eigenvalue weighted by atomic mass is 16.5. The van der Waals surface area contributed by atoms with Crippen LogP contribution in [0.1, 0.15) is 104 Å². The first-order chi connectivity index (χ1) is 9.81. The Morgan fingerprint density at radius 1 is 0.650 bits per heavy atom. The second kappa shape index (κ2) is 17.0. The molecule has 122 valence electrons. The van der Waals surface area contributed by atoms with Crippen molar-refractivity contribution in [1.82, 2.24) is 0 Å². The van der Waals surface area contributed by atoms with Crippen molar-refractivity contribution in [3.63, 3.8) is 0 Å². The van der Waals surface area contributed by atoms with Gasteiger partial charge in [-0.1, -0.05) is 84.5 Å². The molecule has 0 aliphatic rings. The van der Waals surface area contributed by atoms with Gasteiger partial charge in [0.2, 0.25) is 0 Å². The molecular weight excluding hydrogens is 246 g/mol. The minimum Gasteiger partial charge on any atom is -0.364 e. The predicted octanol–water partition coefficient (Wildman–Crippen LogP) is 5.79. The maximum Gasteiger partial charge on any atom is 0.105 e. The molecule has 0 fully saturated rings. The van der Waals surface area contributed by atoms with Crippen LogP contribution in [0.15, 0.2) is 0 Å². The molecule has 0 bridgehead atoms. The molecule has 0 aromatic heterocycles. The van der Waals surface area contributed by atoms with E-state index in [1.165, 1.54) is 83.5 Å². The van der Waals surface area contributed by atoms with E-state index < -0.39 is 0 Å². The third kappa shape index (κ3) is 16.0. The Labute approximate surface area is 127 Å². The summed E-state index contributed by atoms with van der Waals surface area (Å²) in [6.07, 6.45) is 18.3. The highest BCUT2D eigenvalue weighted by Gasteiger charge is 2.02. The summed E-state index contributed by atoms with van der Waals surface area (Å²) in [4.78, 5) is 0. The maximum atomic E-state index is 5.97. The molecule has 2 nitrogen and oxygen atoms in total. The van der Waals surface area contributed by atoms with E-state index in [0.717, 1.165) is 13.0 Å². The van der Waals surface area contributed by atoms with Gasteiger partial charge in [-0.05, 0) is 19.3 Å². The average Bonchev–Trinajstić information content (AvgIpc) is 2.45. The van der Waals surface area contributed by atoms with Crippen LogP contribution < -0.4 is 5.73 Å². The summed E-state index contributed by atoms with van der Waals surface area (Å²) in [5.41, 5.74) is 5.97. The van der Waals surface area contributed by atoms with Gasteiger partial charge in [-0.15, -0.1) is 0 Å². The molecule has 0 radical (unpaired) electrons. The molecule has 0 aromatic carbocycles. The van der Waals surface area contributed by atoms with E-state index in [-0.39, 0.29) is 6.23 Å². The van der Waals surface area contributed by atoms with Gasteiger partial charge in [-0.25, -0.2) is 0 Å². The molecule has 0 rings (SSSR count). The molecule has 0 saturated carbocycles. The van der Waals surface area contributed by atoms with Gasteiger partial charge >= 0.3 is 0 Å². The summed E-state index contributed by atoms with van der Waals surface area (Å²) in [7, 11) is 0. The molecule has 20 heavy (non-hydrogen) atoms. The normalized spacial score (nSPS) is 12.8. The first-order valence-corrected chi connectivity index (χ1v) is 9.18. The van der Waals surface area contributed by atoms with Crippen molar-refractivity contribution in [1.29, 1.82) is 0 Å². The second-order valence-corrected chi connectivity index (χ2v) is 6.09. The van der Waals surface area contributed by atoms with Gasteiger partial charge in [0.05, 0.1) is 0 Å². The smallest absolute Gasteiger partial charge is 0.105 e. The van der Waals surface area contributed by atoms with E-state index in [4.69, 9.17) is 10.5 Å². The Morgan fingerprint density at radius 2 is 1.10 bits per heavy atom. The summed E-state index contributed by atoms with van der Waals surface area (Å²) in [6.45, 7) is 5.37. The lowest BCUT2D eigenvalue weighted by Gasteiger charge is -2.12. The summed E-state index contributed by atoms with van der Waals surface area (Å²) in [5.74, 6) is 0. The van der Waals surface area contributed by atoms with Crippen LogP contribution in [-0.4, -0.2) is 12.8 Å². The zero-order valence-corrected chi connectivity index (χ0v) is 14.2. The molecule has 1 atom stereocenters. The summed E-state index contributed by atoms with van der Waals surface area (Å²) >= 11 is 0. The van der Waals surface area contributed by atoms with Crippen LogP contribution in [0.2, 0.25) is 0 Å². The zero-order valence-electron chi connectivity index (χ0n) is 14.2. The Kier molecular flexibility index (Phi) is 16.9. The highest BCUT2D eigenvalue weighted by Crippen LogP contribution is 2.10. The van der Waals surface area contributed by atoms with Gasteiger partial charge < -0.3 is 10.5 Å². The highest BCUT2D eigenvalue weighted by molar-refractivity contribution is 4.52. The van der Waals surface area contributed by atoms with Crippen LogP contribution in [0, 0.1) is 0 Å². The quantitative estimate of drug-likeness (QED) is 0.288. The molecule has 0 spiro atoms. The summed E-state index contributed by atoms with van der Waals surface area (Å²) in [6, 6.07) is 0. The minimum absolute atomic E-state index is 0.0266. The molecular formula is C18H39NO. The number of rotatable bonds is 16. The van der Waals surface area contributed by atoms with Gasteiger partial charge in [-0.2, -0.15) is 0 Å². The van der Waals surface area contributed by atoms with Gasteiger partial charge in [0.1, 0.15) is 6.23 Å². The summed E-state index contributed by atoms with van der Waals surface area (Å²) in [5, 5.41) is 0. The molecule has 2 heteroatoms. The van der Waals surface area contributed by atoms with Crippen LogP contribution in [-0.2, 0) is 4.74 Å². The fraction of sp³-hybridized carbons (Fsp3) is 1.00. The number of ether oxygens (including phenoxy) is 1. The fourth-order valence-corrected chi connectivity index (χ4v) is 2.50. The standard InChI is InChI=1S/C18H39NO/c1-3-5-7-9-11-13-15-17-20-18(19)16-14-12-10-8-6-4-2/h18H,3-17,19H2,1-2H3. The van der Waals surface area contributed by atoms with Crippen molar-refractivity contribution in [2.45, 2.75) is 110 Å². The number of unbranched alkanes of at least 4 members (excludes halogenated alkanes) is 11. The number of hydrogen-bond acceptors (Lipinski definition) is 2. The van der Waals surface area contributed by atoms with Gasteiger partial charge in [0.25, 0.3) is 0 Å². The van der Waals surface area contributed by atoms with E-state index in [9.17, 15) is 0 Å². The fourth-order valence-electron chi connectivity index (χ4n) is 2.50. The zero-order chi connectivity index (χ0) is 14.9. The van der Waals surface area contributed by atoms with Crippen LogP contribution in [0.25, 0.3) is 0 Å². The third-order valence-electron chi connectivity index (χ3n) is 3.92. The maximum absolute atomic E-state index is 5.97.